The summed E-state index contributed by atoms with van der Waals surface area (Å²) in [7, 11) is 1.26. The summed E-state index contributed by atoms with van der Waals surface area (Å²) in [5.74, 6) is 1.74. The molecule has 2 N–H and O–H groups in total. The van der Waals surface area contributed by atoms with Crippen LogP contribution in [-0.4, -0.2) is 29.3 Å². The van der Waals surface area contributed by atoms with Gasteiger partial charge in [0, 0.05) is 31.9 Å². The molecule has 196 valence electrons. The number of benzene rings is 2. The van der Waals surface area contributed by atoms with E-state index < -0.39 is 11.9 Å². The molecule has 0 aliphatic carbocycles. The van der Waals surface area contributed by atoms with Gasteiger partial charge in [-0.15, -0.1) is 0 Å². The van der Waals surface area contributed by atoms with E-state index in [0.717, 1.165) is 27.3 Å². The van der Waals surface area contributed by atoms with Gasteiger partial charge in [0.2, 0.25) is 11.8 Å². The third kappa shape index (κ3) is 5.49. The van der Waals surface area contributed by atoms with Gasteiger partial charge in [0.25, 0.3) is 0 Å². The maximum absolute atomic E-state index is 13.1. The molecular formula is C25H22ClF3N8O. The van der Waals surface area contributed by atoms with Crippen molar-refractivity contribution in [3.05, 3.63) is 77.3 Å². The molecule has 0 unspecified atom stereocenters. The van der Waals surface area contributed by atoms with Crippen LogP contribution >= 0.6 is 11.6 Å². The number of aromatic nitrogens is 6. The lowest BCUT2D eigenvalue weighted by atomic mass is 10.2. The Balaban J connectivity index is 1.28. The zero-order chi connectivity index (χ0) is 26.9. The van der Waals surface area contributed by atoms with E-state index in [9.17, 15) is 13.2 Å². The first-order valence-corrected chi connectivity index (χ1v) is 11.9. The Hall–Kier alpha value is -4.32. The summed E-state index contributed by atoms with van der Waals surface area (Å²) in [6, 6.07) is 13.9. The second kappa shape index (κ2) is 10.2. The van der Waals surface area contributed by atoms with Crippen molar-refractivity contribution in [1.82, 2.24) is 29.3 Å². The normalized spacial score (nSPS) is 11.6. The number of halogens is 4. The topological polar surface area (TPSA) is 94.7 Å². The minimum Gasteiger partial charge on any atom is -0.438 e. The summed E-state index contributed by atoms with van der Waals surface area (Å²) >= 11 is 5.74. The van der Waals surface area contributed by atoms with Crippen molar-refractivity contribution in [2.45, 2.75) is 26.2 Å². The second-order valence-corrected chi connectivity index (χ2v) is 8.71. The average Bonchev–Trinajstić information content (AvgIpc) is 3.44. The molecule has 0 saturated heterocycles. The van der Waals surface area contributed by atoms with Crippen LogP contribution < -0.4 is 15.4 Å². The number of fused-ring (bicyclic) bond motifs is 1. The van der Waals surface area contributed by atoms with Crippen molar-refractivity contribution in [1.29, 1.82) is 0 Å². The number of ether oxygens (including phenoxy) is 1. The Morgan fingerprint density at radius 2 is 1.82 bits per heavy atom. The molecule has 0 atom stereocenters. The smallest absolute Gasteiger partial charge is 0.433 e. The average molecular weight is 543 g/mol. The van der Waals surface area contributed by atoms with Gasteiger partial charge in [-0.05, 0) is 42.8 Å². The summed E-state index contributed by atoms with van der Waals surface area (Å²) in [5, 5.41) is 10.5. The molecule has 0 spiro atoms. The fourth-order valence-electron chi connectivity index (χ4n) is 3.93. The summed E-state index contributed by atoms with van der Waals surface area (Å²) in [6.07, 6.45) is -1.62. The molecule has 5 aromatic rings. The summed E-state index contributed by atoms with van der Waals surface area (Å²) in [4.78, 5) is 12.7. The Bertz CT molecular complexity index is 1560. The Morgan fingerprint density at radius 3 is 2.47 bits per heavy atom. The quantitative estimate of drug-likeness (QED) is 0.234. The third-order valence-electron chi connectivity index (χ3n) is 5.70. The van der Waals surface area contributed by atoms with Crippen molar-refractivity contribution in [2.24, 2.45) is 7.05 Å². The molecule has 2 aromatic carbocycles. The SMILES string of the molecule is CCn1c(NCc2ccc(Oc3cnc(Cl)cn3)cc2)nc2ccc(Nc3cc(C(F)(F)F)n(C)n3)cc21. The highest BCUT2D eigenvalue weighted by atomic mass is 35.5. The molecular weight excluding hydrogens is 521 g/mol. The number of nitrogens with one attached hydrogen (secondary N) is 2. The van der Waals surface area contributed by atoms with E-state index in [1.54, 1.807) is 6.07 Å². The molecule has 3 heterocycles. The predicted octanol–water partition coefficient (Wildman–Crippen LogP) is 6.40. The van der Waals surface area contributed by atoms with Crippen molar-refractivity contribution in [3.8, 4) is 11.6 Å². The van der Waals surface area contributed by atoms with Crippen molar-refractivity contribution in [2.75, 3.05) is 10.6 Å². The molecule has 0 radical (unpaired) electrons. The van der Waals surface area contributed by atoms with Gasteiger partial charge in [0.05, 0.1) is 23.4 Å². The van der Waals surface area contributed by atoms with Gasteiger partial charge in [0.15, 0.2) is 5.82 Å². The number of imidazole rings is 1. The summed E-state index contributed by atoms with van der Waals surface area (Å²) < 4.78 is 47.8. The highest BCUT2D eigenvalue weighted by molar-refractivity contribution is 6.29. The number of alkyl halides is 3. The van der Waals surface area contributed by atoms with Crippen LogP contribution in [0, 0.1) is 0 Å². The number of nitrogens with zero attached hydrogens (tertiary/aromatic N) is 6. The van der Waals surface area contributed by atoms with Gasteiger partial charge >= 0.3 is 6.18 Å². The molecule has 0 aliphatic heterocycles. The predicted molar refractivity (Wildman–Crippen MR) is 138 cm³/mol. The molecule has 0 saturated carbocycles. The van der Waals surface area contributed by atoms with Crippen molar-refractivity contribution < 1.29 is 17.9 Å². The van der Waals surface area contributed by atoms with Gasteiger partial charge in [0.1, 0.15) is 16.6 Å². The fraction of sp³-hybridized carbons (Fsp3) is 0.200. The van der Waals surface area contributed by atoms with Crippen LogP contribution in [0.15, 0.2) is 60.9 Å². The minimum atomic E-state index is -4.48. The zero-order valence-corrected chi connectivity index (χ0v) is 21.0. The van der Waals surface area contributed by atoms with Gasteiger partial charge in [-0.25, -0.2) is 15.0 Å². The van der Waals surface area contributed by atoms with E-state index in [4.69, 9.17) is 16.3 Å². The molecule has 0 amide bonds. The monoisotopic (exact) mass is 542 g/mol. The van der Waals surface area contributed by atoms with E-state index in [2.05, 4.69) is 30.7 Å². The largest absolute Gasteiger partial charge is 0.438 e. The number of anilines is 3. The minimum absolute atomic E-state index is 0.107. The standard InChI is InChI=1S/C25H22ClF3N8O/c1-3-37-19-10-16(33-22-11-20(25(27,28)29)36(2)35-22)6-9-18(19)34-24(37)32-12-15-4-7-17(8-5-15)38-23-14-30-21(26)13-31-23/h4-11,13-14H,3,12H2,1-2H3,(H,32,34)(H,33,35). The van der Waals surface area contributed by atoms with E-state index in [-0.39, 0.29) is 11.0 Å². The first-order valence-electron chi connectivity index (χ1n) is 11.6. The van der Waals surface area contributed by atoms with Crippen LogP contribution in [0.3, 0.4) is 0 Å². The summed E-state index contributed by atoms with van der Waals surface area (Å²) in [6.45, 7) is 3.15. The molecule has 0 bridgehead atoms. The first kappa shape index (κ1) is 25.3. The van der Waals surface area contributed by atoms with Gasteiger partial charge in [-0.3, -0.25) is 4.68 Å². The fourth-order valence-corrected chi connectivity index (χ4v) is 4.03. The van der Waals surface area contributed by atoms with Gasteiger partial charge < -0.3 is 19.9 Å². The molecule has 38 heavy (non-hydrogen) atoms. The zero-order valence-electron chi connectivity index (χ0n) is 20.3. The lowest BCUT2D eigenvalue weighted by Gasteiger charge is -2.10. The van der Waals surface area contributed by atoms with E-state index >= 15 is 0 Å². The first-order chi connectivity index (χ1) is 18.2. The second-order valence-electron chi connectivity index (χ2n) is 8.32. The van der Waals surface area contributed by atoms with E-state index in [1.165, 1.54) is 19.4 Å². The lowest BCUT2D eigenvalue weighted by molar-refractivity contribution is -0.143. The van der Waals surface area contributed by atoms with Crippen molar-refractivity contribution >= 4 is 40.1 Å². The number of rotatable bonds is 8. The molecule has 0 fully saturated rings. The molecule has 3 aromatic heterocycles. The molecule has 5 rings (SSSR count). The third-order valence-corrected chi connectivity index (χ3v) is 5.90. The van der Waals surface area contributed by atoms with Crippen LogP contribution in [0.25, 0.3) is 11.0 Å². The maximum Gasteiger partial charge on any atom is 0.433 e. The highest BCUT2D eigenvalue weighted by Gasteiger charge is 2.35. The molecule has 9 nitrogen and oxygen atoms in total. The molecule has 0 aliphatic rings. The van der Waals surface area contributed by atoms with E-state index in [0.29, 0.717) is 36.4 Å². The summed E-state index contributed by atoms with van der Waals surface area (Å²) in [5.41, 5.74) is 2.37. The maximum atomic E-state index is 13.1. The van der Waals surface area contributed by atoms with Crippen LogP contribution in [0.1, 0.15) is 18.2 Å². The number of hydrogen-bond donors (Lipinski definition) is 2. The lowest BCUT2D eigenvalue weighted by Crippen LogP contribution is -2.11. The Kier molecular flexibility index (Phi) is 6.81. The van der Waals surface area contributed by atoms with Crippen LogP contribution in [0.5, 0.6) is 11.6 Å². The molecule has 13 heteroatoms. The van der Waals surface area contributed by atoms with E-state index in [1.807, 2.05) is 47.9 Å². The Morgan fingerprint density at radius 1 is 1.03 bits per heavy atom. The van der Waals surface area contributed by atoms with Gasteiger partial charge in [-0.1, -0.05) is 23.7 Å². The van der Waals surface area contributed by atoms with Crippen LogP contribution in [0.2, 0.25) is 5.15 Å². The number of aryl methyl sites for hydroxylation is 2. The number of hydrogen-bond acceptors (Lipinski definition) is 7. The highest BCUT2D eigenvalue weighted by Crippen LogP contribution is 2.32. The Labute approximate surface area is 220 Å². The van der Waals surface area contributed by atoms with Crippen molar-refractivity contribution in [3.63, 3.8) is 0 Å². The van der Waals surface area contributed by atoms with Crippen LogP contribution in [-0.2, 0) is 26.3 Å². The van der Waals surface area contributed by atoms with Crippen LogP contribution in [0.4, 0.5) is 30.6 Å². The van der Waals surface area contributed by atoms with Gasteiger partial charge in [-0.2, -0.15) is 18.3 Å².